The predicted octanol–water partition coefficient (Wildman–Crippen LogP) is 2.94. The van der Waals surface area contributed by atoms with Gasteiger partial charge in [0, 0.05) is 19.5 Å². The minimum atomic E-state index is 0.598. The van der Waals surface area contributed by atoms with E-state index < -0.39 is 0 Å². The van der Waals surface area contributed by atoms with Gasteiger partial charge in [-0.2, -0.15) is 0 Å². The second kappa shape index (κ2) is 8.84. The van der Waals surface area contributed by atoms with Crippen molar-refractivity contribution in [1.82, 2.24) is 20.2 Å². The fraction of sp³-hybridized carbons (Fsp3) is 0.316. The van der Waals surface area contributed by atoms with E-state index >= 15 is 0 Å². The summed E-state index contributed by atoms with van der Waals surface area (Å²) >= 11 is 0. The van der Waals surface area contributed by atoms with Crippen molar-refractivity contribution in [2.45, 2.75) is 26.4 Å². The molecule has 1 N–H and O–H groups in total. The van der Waals surface area contributed by atoms with Crippen LogP contribution >= 0.6 is 0 Å². The van der Waals surface area contributed by atoms with Crippen LogP contribution in [0.15, 0.2) is 48.5 Å². The number of aromatic nitrogens is 4. The maximum atomic E-state index is 5.89. The van der Waals surface area contributed by atoms with Gasteiger partial charge in [0.05, 0.1) is 13.7 Å². The predicted molar refractivity (Wildman–Crippen MR) is 99.5 cm³/mol. The molecule has 2 aromatic carbocycles. The molecule has 3 aromatic rings. The van der Waals surface area contributed by atoms with Gasteiger partial charge in [0.1, 0.15) is 0 Å². The highest BCUT2D eigenvalue weighted by Crippen LogP contribution is 2.28. The normalized spacial score (nSPS) is 10.5. The van der Waals surface area contributed by atoms with E-state index in [4.69, 9.17) is 9.47 Å². The van der Waals surface area contributed by atoms with Gasteiger partial charge in [-0.1, -0.05) is 41.5 Å². The molecule has 0 unspecified atom stereocenters. The molecular formula is C19H23N5O2. The van der Waals surface area contributed by atoms with Crippen LogP contribution in [0.2, 0.25) is 0 Å². The molecule has 0 saturated heterocycles. The second-order valence-corrected chi connectivity index (χ2v) is 5.74. The van der Waals surface area contributed by atoms with Gasteiger partial charge >= 0.3 is 0 Å². The van der Waals surface area contributed by atoms with Crippen molar-refractivity contribution in [3.8, 4) is 11.5 Å². The third kappa shape index (κ3) is 4.50. The number of ether oxygens (including phenoxy) is 2. The summed E-state index contributed by atoms with van der Waals surface area (Å²) in [5, 5.41) is 14.8. The standard InChI is InChI=1S/C19H23N5O2/c1-3-24-19(21-22-23-24)20-14-16-9-10-17(18(13-16)25-2)26-12-11-15-7-5-4-6-8-15/h4-10,13H,3,11-12,14H2,1-2H3,(H,20,21,23). The lowest BCUT2D eigenvalue weighted by molar-refractivity contribution is 0.297. The van der Waals surface area contributed by atoms with Crippen molar-refractivity contribution in [3.63, 3.8) is 0 Å². The number of hydrogen-bond acceptors (Lipinski definition) is 6. The lowest BCUT2D eigenvalue weighted by atomic mass is 10.1. The molecular weight excluding hydrogens is 330 g/mol. The van der Waals surface area contributed by atoms with Crippen LogP contribution in [0.4, 0.5) is 5.95 Å². The van der Waals surface area contributed by atoms with Gasteiger partial charge in [0.25, 0.3) is 0 Å². The van der Waals surface area contributed by atoms with E-state index in [1.165, 1.54) is 5.56 Å². The van der Waals surface area contributed by atoms with Gasteiger partial charge in [-0.3, -0.25) is 0 Å². The maximum absolute atomic E-state index is 5.89. The fourth-order valence-corrected chi connectivity index (χ4v) is 2.59. The minimum Gasteiger partial charge on any atom is -0.493 e. The summed E-state index contributed by atoms with van der Waals surface area (Å²) in [4.78, 5) is 0. The molecule has 0 amide bonds. The Morgan fingerprint density at radius 1 is 1.04 bits per heavy atom. The molecule has 0 fully saturated rings. The molecule has 0 bridgehead atoms. The topological polar surface area (TPSA) is 74.1 Å². The molecule has 0 aliphatic heterocycles. The molecule has 26 heavy (non-hydrogen) atoms. The van der Waals surface area contributed by atoms with Crippen LogP contribution < -0.4 is 14.8 Å². The molecule has 7 nitrogen and oxygen atoms in total. The maximum Gasteiger partial charge on any atom is 0.243 e. The summed E-state index contributed by atoms with van der Waals surface area (Å²) in [5.74, 6) is 2.10. The van der Waals surface area contributed by atoms with E-state index in [1.54, 1.807) is 11.8 Å². The molecule has 136 valence electrons. The van der Waals surface area contributed by atoms with Gasteiger partial charge in [-0.15, -0.1) is 0 Å². The summed E-state index contributed by atoms with van der Waals surface area (Å²) in [6.45, 7) is 3.91. The average Bonchev–Trinajstić information content (AvgIpc) is 3.15. The summed E-state index contributed by atoms with van der Waals surface area (Å²) < 4.78 is 13.1. The van der Waals surface area contributed by atoms with Crippen molar-refractivity contribution in [3.05, 3.63) is 59.7 Å². The smallest absolute Gasteiger partial charge is 0.243 e. The van der Waals surface area contributed by atoms with Crippen LogP contribution in [-0.4, -0.2) is 33.9 Å². The minimum absolute atomic E-state index is 0.598. The van der Waals surface area contributed by atoms with Crippen molar-refractivity contribution in [1.29, 1.82) is 0 Å². The summed E-state index contributed by atoms with van der Waals surface area (Å²) in [6, 6.07) is 16.2. The molecule has 1 heterocycles. The SMILES string of the molecule is CCn1nnnc1NCc1ccc(OCCc2ccccc2)c(OC)c1. The number of benzene rings is 2. The molecule has 0 aliphatic carbocycles. The highest BCUT2D eigenvalue weighted by molar-refractivity contribution is 5.44. The number of anilines is 1. The quantitative estimate of drug-likeness (QED) is 0.637. The van der Waals surface area contributed by atoms with E-state index in [2.05, 4.69) is 33.0 Å². The van der Waals surface area contributed by atoms with E-state index in [1.807, 2.05) is 43.3 Å². The first-order valence-electron chi connectivity index (χ1n) is 8.64. The zero-order valence-corrected chi connectivity index (χ0v) is 15.1. The molecule has 0 aliphatic rings. The van der Waals surface area contributed by atoms with Gasteiger partial charge in [-0.25, -0.2) is 4.68 Å². The Balaban J connectivity index is 1.58. The van der Waals surface area contributed by atoms with E-state index in [0.717, 1.165) is 17.7 Å². The van der Waals surface area contributed by atoms with Gasteiger partial charge < -0.3 is 14.8 Å². The Morgan fingerprint density at radius 3 is 2.65 bits per heavy atom. The van der Waals surface area contributed by atoms with E-state index in [-0.39, 0.29) is 0 Å². The lowest BCUT2D eigenvalue weighted by Crippen LogP contribution is -2.08. The third-order valence-corrected chi connectivity index (χ3v) is 4.00. The monoisotopic (exact) mass is 353 g/mol. The largest absolute Gasteiger partial charge is 0.493 e. The summed E-state index contributed by atoms with van der Waals surface area (Å²) in [5.41, 5.74) is 2.31. The summed E-state index contributed by atoms with van der Waals surface area (Å²) in [7, 11) is 1.65. The molecule has 0 radical (unpaired) electrons. The van der Waals surface area contributed by atoms with Crippen molar-refractivity contribution in [2.24, 2.45) is 0 Å². The Hall–Kier alpha value is -3.09. The van der Waals surface area contributed by atoms with Crippen LogP contribution in [0.3, 0.4) is 0 Å². The molecule has 7 heteroatoms. The molecule has 0 atom stereocenters. The highest BCUT2D eigenvalue weighted by Gasteiger charge is 2.08. The van der Waals surface area contributed by atoms with Gasteiger partial charge in [-0.05, 0) is 40.6 Å². The fourth-order valence-electron chi connectivity index (χ4n) is 2.59. The van der Waals surface area contributed by atoms with Crippen molar-refractivity contribution in [2.75, 3.05) is 19.0 Å². The number of hydrogen-bond donors (Lipinski definition) is 1. The highest BCUT2D eigenvalue weighted by atomic mass is 16.5. The van der Waals surface area contributed by atoms with Gasteiger partial charge in [0.2, 0.25) is 5.95 Å². The van der Waals surface area contributed by atoms with Crippen LogP contribution in [0.5, 0.6) is 11.5 Å². The molecule has 0 saturated carbocycles. The number of methoxy groups -OCH3 is 1. The van der Waals surface area contributed by atoms with Gasteiger partial charge in [0.15, 0.2) is 11.5 Å². The Kier molecular flexibility index (Phi) is 6.03. The average molecular weight is 353 g/mol. The molecule has 1 aromatic heterocycles. The zero-order chi connectivity index (χ0) is 18.2. The third-order valence-electron chi connectivity index (χ3n) is 4.00. The van der Waals surface area contributed by atoms with E-state index in [9.17, 15) is 0 Å². The first-order valence-corrected chi connectivity index (χ1v) is 8.64. The molecule has 0 spiro atoms. The number of nitrogens with zero attached hydrogens (tertiary/aromatic N) is 4. The Morgan fingerprint density at radius 2 is 1.88 bits per heavy atom. The van der Waals surface area contributed by atoms with Crippen LogP contribution in [-0.2, 0) is 19.5 Å². The molecule has 3 rings (SSSR count). The van der Waals surface area contributed by atoms with Crippen LogP contribution in [0, 0.1) is 0 Å². The van der Waals surface area contributed by atoms with Crippen molar-refractivity contribution < 1.29 is 9.47 Å². The first-order chi connectivity index (χ1) is 12.8. The van der Waals surface area contributed by atoms with Crippen LogP contribution in [0.1, 0.15) is 18.1 Å². The number of rotatable bonds is 9. The Bertz CT molecular complexity index is 820. The zero-order valence-electron chi connectivity index (χ0n) is 15.1. The Labute approximate surface area is 152 Å². The second-order valence-electron chi connectivity index (χ2n) is 5.74. The number of aryl methyl sites for hydroxylation is 1. The van der Waals surface area contributed by atoms with Crippen LogP contribution in [0.25, 0.3) is 0 Å². The lowest BCUT2D eigenvalue weighted by Gasteiger charge is -2.13. The van der Waals surface area contributed by atoms with Crippen molar-refractivity contribution >= 4 is 5.95 Å². The van der Waals surface area contributed by atoms with E-state index in [0.29, 0.717) is 31.4 Å². The number of nitrogens with one attached hydrogen (secondary N) is 1. The summed E-state index contributed by atoms with van der Waals surface area (Å²) in [6.07, 6.45) is 0.854. The number of tetrazole rings is 1. The first kappa shape index (κ1) is 17.7.